The fourth-order valence-electron chi connectivity index (χ4n) is 3.04. The number of aliphatic hydroxyl groups is 1. The van der Waals surface area contributed by atoms with Gasteiger partial charge in [0.25, 0.3) is 0 Å². The Balaban J connectivity index is 2.23. The van der Waals surface area contributed by atoms with Crippen LogP contribution in [0.3, 0.4) is 0 Å². The molecule has 21 heavy (non-hydrogen) atoms. The van der Waals surface area contributed by atoms with Gasteiger partial charge in [-0.25, -0.2) is 0 Å². The molecule has 3 rings (SSSR count). The van der Waals surface area contributed by atoms with Crippen molar-refractivity contribution >= 4 is 0 Å². The fourth-order valence-corrected chi connectivity index (χ4v) is 3.04. The standard InChI is InChI=1S/C18H21NO2/c1-13-7-8-15-14(10-13)18(20,11-17(2,3)12-21-15)16-6-4-5-9-19-16/h4-10,20H,11-12H2,1-3H3. The van der Waals surface area contributed by atoms with E-state index in [1.807, 2.05) is 43.3 Å². The van der Waals surface area contributed by atoms with E-state index in [1.54, 1.807) is 6.20 Å². The third-order valence-electron chi connectivity index (χ3n) is 4.02. The maximum absolute atomic E-state index is 11.5. The van der Waals surface area contributed by atoms with Gasteiger partial charge in [0, 0.05) is 17.2 Å². The number of ether oxygens (including phenoxy) is 1. The van der Waals surface area contributed by atoms with Crippen LogP contribution in [-0.2, 0) is 5.60 Å². The van der Waals surface area contributed by atoms with Crippen LogP contribution in [0.25, 0.3) is 0 Å². The van der Waals surface area contributed by atoms with Crippen molar-refractivity contribution in [1.82, 2.24) is 4.98 Å². The third-order valence-corrected chi connectivity index (χ3v) is 4.02. The van der Waals surface area contributed by atoms with Gasteiger partial charge in [0.1, 0.15) is 11.4 Å². The van der Waals surface area contributed by atoms with Crippen molar-refractivity contribution in [1.29, 1.82) is 0 Å². The average molecular weight is 283 g/mol. The second-order valence-corrected chi connectivity index (χ2v) is 6.70. The first-order chi connectivity index (χ1) is 9.91. The molecule has 0 saturated carbocycles. The second kappa shape index (κ2) is 4.85. The van der Waals surface area contributed by atoms with Crippen LogP contribution in [0.15, 0.2) is 42.6 Å². The molecular formula is C18H21NO2. The monoisotopic (exact) mass is 283 g/mol. The number of fused-ring (bicyclic) bond motifs is 1. The zero-order valence-corrected chi connectivity index (χ0v) is 12.8. The predicted octanol–water partition coefficient (Wildman–Crippen LogP) is 3.43. The van der Waals surface area contributed by atoms with Gasteiger partial charge in [-0.2, -0.15) is 0 Å². The number of pyridine rings is 1. The van der Waals surface area contributed by atoms with Crippen molar-refractivity contribution in [3.05, 3.63) is 59.4 Å². The number of rotatable bonds is 1. The van der Waals surface area contributed by atoms with E-state index >= 15 is 0 Å². The highest BCUT2D eigenvalue weighted by Gasteiger charge is 2.43. The molecule has 1 N–H and O–H groups in total. The summed E-state index contributed by atoms with van der Waals surface area (Å²) >= 11 is 0. The molecule has 0 spiro atoms. The van der Waals surface area contributed by atoms with Crippen LogP contribution in [-0.4, -0.2) is 16.7 Å². The summed E-state index contributed by atoms with van der Waals surface area (Å²) in [6.45, 7) is 6.83. The van der Waals surface area contributed by atoms with Gasteiger partial charge < -0.3 is 9.84 Å². The molecule has 1 unspecified atom stereocenters. The Kier molecular flexibility index (Phi) is 3.25. The van der Waals surface area contributed by atoms with E-state index in [1.165, 1.54) is 0 Å². The minimum Gasteiger partial charge on any atom is -0.493 e. The van der Waals surface area contributed by atoms with E-state index < -0.39 is 5.60 Å². The highest BCUT2D eigenvalue weighted by atomic mass is 16.5. The molecule has 110 valence electrons. The summed E-state index contributed by atoms with van der Waals surface area (Å²) in [7, 11) is 0. The lowest BCUT2D eigenvalue weighted by atomic mass is 9.76. The molecule has 2 aromatic rings. The highest BCUT2D eigenvalue weighted by Crippen LogP contribution is 2.46. The van der Waals surface area contributed by atoms with E-state index in [4.69, 9.17) is 4.74 Å². The van der Waals surface area contributed by atoms with E-state index in [9.17, 15) is 5.11 Å². The van der Waals surface area contributed by atoms with Crippen LogP contribution in [0, 0.1) is 12.3 Å². The van der Waals surface area contributed by atoms with E-state index in [-0.39, 0.29) is 5.41 Å². The predicted molar refractivity (Wildman–Crippen MR) is 82.3 cm³/mol. The largest absolute Gasteiger partial charge is 0.493 e. The Morgan fingerprint density at radius 1 is 1.19 bits per heavy atom. The van der Waals surface area contributed by atoms with Gasteiger partial charge in [0.05, 0.1) is 12.3 Å². The molecule has 1 aromatic heterocycles. The van der Waals surface area contributed by atoms with Gasteiger partial charge in [0.2, 0.25) is 0 Å². The summed E-state index contributed by atoms with van der Waals surface area (Å²) < 4.78 is 5.95. The lowest BCUT2D eigenvalue weighted by molar-refractivity contribution is 0.0265. The Morgan fingerprint density at radius 3 is 2.71 bits per heavy atom. The summed E-state index contributed by atoms with van der Waals surface area (Å²) in [5.41, 5.74) is 1.33. The summed E-state index contributed by atoms with van der Waals surface area (Å²) in [5.74, 6) is 0.749. The van der Waals surface area contributed by atoms with Crippen molar-refractivity contribution < 1.29 is 9.84 Å². The lowest BCUT2D eigenvalue weighted by Crippen LogP contribution is -2.34. The van der Waals surface area contributed by atoms with Crippen molar-refractivity contribution in [3.8, 4) is 5.75 Å². The molecule has 0 amide bonds. The van der Waals surface area contributed by atoms with Crippen LogP contribution in [0.2, 0.25) is 0 Å². The first kappa shape index (κ1) is 14.1. The van der Waals surface area contributed by atoms with E-state index in [2.05, 4.69) is 18.8 Å². The van der Waals surface area contributed by atoms with Crippen molar-refractivity contribution in [2.24, 2.45) is 5.41 Å². The molecule has 1 atom stereocenters. The number of aryl methyl sites for hydroxylation is 1. The fraction of sp³-hybridized carbons (Fsp3) is 0.389. The smallest absolute Gasteiger partial charge is 0.136 e. The van der Waals surface area contributed by atoms with Gasteiger partial charge in [0.15, 0.2) is 0 Å². The highest BCUT2D eigenvalue weighted by molar-refractivity contribution is 5.46. The molecule has 0 aliphatic carbocycles. The number of nitrogens with zero attached hydrogens (tertiary/aromatic N) is 1. The molecule has 3 heteroatoms. The second-order valence-electron chi connectivity index (χ2n) is 6.70. The topological polar surface area (TPSA) is 42.4 Å². The number of hydrogen-bond donors (Lipinski definition) is 1. The molecule has 0 bridgehead atoms. The van der Waals surface area contributed by atoms with Gasteiger partial charge >= 0.3 is 0 Å². The Morgan fingerprint density at radius 2 is 2.00 bits per heavy atom. The number of hydrogen-bond acceptors (Lipinski definition) is 3. The van der Waals surface area contributed by atoms with E-state index in [0.29, 0.717) is 18.7 Å². The molecule has 1 aliphatic heterocycles. The zero-order valence-electron chi connectivity index (χ0n) is 12.8. The zero-order chi connectivity index (χ0) is 15.1. The third kappa shape index (κ3) is 2.54. The molecule has 1 aromatic carbocycles. The summed E-state index contributed by atoms with van der Waals surface area (Å²) in [6.07, 6.45) is 2.30. The van der Waals surface area contributed by atoms with Gasteiger partial charge in [-0.3, -0.25) is 4.98 Å². The Hall–Kier alpha value is -1.87. The molecule has 0 radical (unpaired) electrons. The van der Waals surface area contributed by atoms with Gasteiger partial charge in [-0.15, -0.1) is 0 Å². The number of benzene rings is 1. The Bertz CT molecular complexity index is 652. The minimum atomic E-state index is -1.12. The first-order valence-electron chi connectivity index (χ1n) is 7.29. The lowest BCUT2D eigenvalue weighted by Gasteiger charge is -2.33. The van der Waals surface area contributed by atoms with Gasteiger partial charge in [-0.1, -0.05) is 31.5 Å². The Labute approximate surface area is 125 Å². The summed E-state index contributed by atoms with van der Waals surface area (Å²) in [6, 6.07) is 11.6. The molecule has 1 aliphatic rings. The summed E-state index contributed by atoms with van der Waals surface area (Å²) in [5, 5.41) is 11.5. The van der Waals surface area contributed by atoms with Crippen molar-refractivity contribution in [2.75, 3.05) is 6.61 Å². The van der Waals surface area contributed by atoms with Crippen molar-refractivity contribution in [3.63, 3.8) is 0 Å². The number of aromatic nitrogens is 1. The minimum absolute atomic E-state index is 0.140. The van der Waals surface area contributed by atoms with E-state index in [0.717, 1.165) is 16.9 Å². The van der Waals surface area contributed by atoms with Gasteiger partial charge in [-0.05, 0) is 37.6 Å². The van der Waals surface area contributed by atoms with Crippen LogP contribution >= 0.6 is 0 Å². The molecule has 3 nitrogen and oxygen atoms in total. The average Bonchev–Trinajstić information content (AvgIpc) is 2.55. The molecule has 2 heterocycles. The maximum atomic E-state index is 11.5. The SMILES string of the molecule is Cc1ccc2c(c1)C(O)(c1ccccn1)CC(C)(C)CO2. The van der Waals surface area contributed by atoms with Crippen LogP contribution in [0.4, 0.5) is 0 Å². The van der Waals surface area contributed by atoms with Crippen molar-refractivity contribution in [2.45, 2.75) is 32.8 Å². The molecular weight excluding hydrogens is 262 g/mol. The first-order valence-corrected chi connectivity index (χ1v) is 7.29. The quantitative estimate of drug-likeness (QED) is 0.872. The molecule has 0 saturated heterocycles. The van der Waals surface area contributed by atoms with Crippen LogP contribution < -0.4 is 4.74 Å². The van der Waals surface area contributed by atoms with Crippen LogP contribution in [0.5, 0.6) is 5.75 Å². The van der Waals surface area contributed by atoms with Crippen LogP contribution in [0.1, 0.15) is 37.1 Å². The molecule has 0 fully saturated rings. The normalized spacial score (nSPS) is 23.8. The summed E-state index contributed by atoms with van der Waals surface area (Å²) in [4.78, 5) is 4.40. The maximum Gasteiger partial charge on any atom is 0.136 e.